The van der Waals surface area contributed by atoms with Gasteiger partial charge in [0, 0.05) is 18.3 Å². The lowest BCUT2D eigenvalue weighted by Gasteiger charge is -2.15. The maximum absolute atomic E-state index is 11.3. The molecule has 1 saturated heterocycles. The first-order chi connectivity index (χ1) is 8.77. The molecule has 0 bridgehead atoms. The second-order valence-corrected chi connectivity index (χ2v) is 6.00. The number of carbonyl (C=O) groups is 1. The zero-order valence-corrected chi connectivity index (χ0v) is 11.2. The molecule has 18 heavy (non-hydrogen) atoms. The first-order valence-corrected chi connectivity index (χ1v) is 7.42. The zero-order valence-electron chi connectivity index (χ0n) is 10.3. The molecular formula is C14H19NO2S. The summed E-state index contributed by atoms with van der Waals surface area (Å²) >= 11 is 1.99. The average Bonchev–Trinajstić information content (AvgIpc) is 2.88. The molecule has 1 aromatic rings. The number of thioether (sulfide) groups is 1. The average molecular weight is 265 g/mol. The molecule has 98 valence electrons. The molecule has 0 radical (unpaired) electrons. The topological polar surface area (TPSA) is 49.3 Å². The fourth-order valence-electron chi connectivity index (χ4n) is 2.23. The summed E-state index contributed by atoms with van der Waals surface area (Å²) in [5, 5.41) is 13.2. The van der Waals surface area contributed by atoms with Gasteiger partial charge in [-0.25, -0.2) is 0 Å². The predicted molar refractivity (Wildman–Crippen MR) is 75.2 cm³/mol. The molecule has 2 N–H and O–H groups in total. The van der Waals surface area contributed by atoms with Gasteiger partial charge in [0.15, 0.2) is 0 Å². The van der Waals surface area contributed by atoms with E-state index in [0.717, 1.165) is 12.1 Å². The van der Waals surface area contributed by atoms with Crippen LogP contribution in [0.2, 0.25) is 0 Å². The van der Waals surface area contributed by atoms with E-state index in [9.17, 15) is 9.90 Å². The van der Waals surface area contributed by atoms with Crippen LogP contribution in [0.3, 0.4) is 0 Å². The van der Waals surface area contributed by atoms with Crippen LogP contribution in [0.25, 0.3) is 0 Å². The molecule has 0 amide bonds. The smallest absolute Gasteiger partial charge is 0.312 e. The summed E-state index contributed by atoms with van der Waals surface area (Å²) in [7, 11) is 0. The van der Waals surface area contributed by atoms with E-state index in [2.05, 4.69) is 5.32 Å². The highest BCUT2D eigenvalue weighted by atomic mass is 32.2. The van der Waals surface area contributed by atoms with Gasteiger partial charge in [-0.05, 0) is 24.2 Å². The highest BCUT2D eigenvalue weighted by Crippen LogP contribution is 2.25. The molecule has 2 rings (SSSR count). The number of carboxylic acids is 1. The molecule has 1 heterocycles. The maximum Gasteiger partial charge on any atom is 0.312 e. The van der Waals surface area contributed by atoms with Crippen LogP contribution in [0.1, 0.15) is 24.3 Å². The second kappa shape index (κ2) is 6.81. The van der Waals surface area contributed by atoms with E-state index in [4.69, 9.17) is 0 Å². The standard InChI is InChI=1S/C14H19NO2S/c16-14(17)13(11-5-2-1-3-6-11)10-15-9-12-7-4-8-18-12/h1-3,5-6,12-13,15H,4,7-10H2,(H,16,17). The van der Waals surface area contributed by atoms with Crippen molar-refractivity contribution in [2.24, 2.45) is 0 Å². The Bertz CT molecular complexity index is 377. The van der Waals surface area contributed by atoms with Crippen LogP contribution in [-0.4, -0.2) is 35.2 Å². The van der Waals surface area contributed by atoms with E-state index in [1.54, 1.807) is 0 Å². The molecule has 1 aliphatic heterocycles. The van der Waals surface area contributed by atoms with E-state index in [1.807, 2.05) is 42.1 Å². The second-order valence-electron chi connectivity index (χ2n) is 4.59. The Kier molecular flexibility index (Phi) is 5.08. The van der Waals surface area contributed by atoms with Crippen LogP contribution >= 0.6 is 11.8 Å². The fraction of sp³-hybridized carbons (Fsp3) is 0.500. The van der Waals surface area contributed by atoms with Crippen molar-refractivity contribution in [2.45, 2.75) is 24.0 Å². The number of rotatable bonds is 6. The van der Waals surface area contributed by atoms with Crippen molar-refractivity contribution in [1.82, 2.24) is 5.32 Å². The number of carboxylic acid groups (broad SMARTS) is 1. The Morgan fingerprint density at radius 2 is 2.22 bits per heavy atom. The zero-order chi connectivity index (χ0) is 12.8. The van der Waals surface area contributed by atoms with Crippen LogP contribution in [0.4, 0.5) is 0 Å². The first-order valence-electron chi connectivity index (χ1n) is 6.37. The molecule has 0 aliphatic carbocycles. The lowest BCUT2D eigenvalue weighted by molar-refractivity contribution is -0.138. The Morgan fingerprint density at radius 3 is 2.83 bits per heavy atom. The Labute approximate surface area is 112 Å². The summed E-state index contributed by atoms with van der Waals surface area (Å²) in [6.45, 7) is 1.43. The third-order valence-corrected chi connectivity index (χ3v) is 4.64. The van der Waals surface area contributed by atoms with E-state index in [1.165, 1.54) is 18.6 Å². The van der Waals surface area contributed by atoms with E-state index >= 15 is 0 Å². The summed E-state index contributed by atoms with van der Waals surface area (Å²) in [5.41, 5.74) is 0.872. The normalized spacial score (nSPS) is 20.8. The minimum Gasteiger partial charge on any atom is -0.481 e. The van der Waals surface area contributed by atoms with Crippen LogP contribution in [0.5, 0.6) is 0 Å². The lowest BCUT2D eigenvalue weighted by Crippen LogP contribution is -2.31. The van der Waals surface area contributed by atoms with Gasteiger partial charge in [0.2, 0.25) is 0 Å². The van der Waals surface area contributed by atoms with Crippen LogP contribution in [-0.2, 0) is 4.79 Å². The van der Waals surface area contributed by atoms with Crippen molar-refractivity contribution < 1.29 is 9.90 Å². The number of nitrogens with one attached hydrogen (secondary N) is 1. The highest BCUT2D eigenvalue weighted by molar-refractivity contribution is 8.00. The molecule has 0 aromatic heterocycles. The van der Waals surface area contributed by atoms with Gasteiger partial charge in [-0.2, -0.15) is 11.8 Å². The van der Waals surface area contributed by atoms with Gasteiger partial charge >= 0.3 is 5.97 Å². The van der Waals surface area contributed by atoms with Gasteiger partial charge in [-0.1, -0.05) is 30.3 Å². The number of hydrogen-bond donors (Lipinski definition) is 2. The summed E-state index contributed by atoms with van der Waals surface area (Å²) in [6, 6.07) is 9.44. The predicted octanol–water partition coefficient (Wildman–Crippen LogP) is 2.34. The molecule has 0 saturated carbocycles. The van der Waals surface area contributed by atoms with E-state index in [0.29, 0.717) is 11.8 Å². The van der Waals surface area contributed by atoms with E-state index < -0.39 is 11.9 Å². The van der Waals surface area contributed by atoms with Crippen molar-refractivity contribution in [3.8, 4) is 0 Å². The highest BCUT2D eigenvalue weighted by Gasteiger charge is 2.20. The summed E-state index contributed by atoms with van der Waals surface area (Å²) < 4.78 is 0. The molecule has 2 unspecified atom stereocenters. The van der Waals surface area contributed by atoms with Gasteiger partial charge < -0.3 is 10.4 Å². The van der Waals surface area contributed by atoms with Crippen molar-refractivity contribution in [3.05, 3.63) is 35.9 Å². The van der Waals surface area contributed by atoms with Gasteiger partial charge in [0.25, 0.3) is 0 Å². The van der Waals surface area contributed by atoms with Gasteiger partial charge in [-0.3, -0.25) is 4.79 Å². The first kappa shape index (κ1) is 13.4. The Morgan fingerprint density at radius 1 is 1.44 bits per heavy atom. The molecule has 0 spiro atoms. The van der Waals surface area contributed by atoms with Gasteiger partial charge in [0.05, 0.1) is 5.92 Å². The van der Waals surface area contributed by atoms with Crippen molar-refractivity contribution in [1.29, 1.82) is 0 Å². The molecule has 2 atom stereocenters. The quantitative estimate of drug-likeness (QED) is 0.829. The van der Waals surface area contributed by atoms with Crippen molar-refractivity contribution in [3.63, 3.8) is 0 Å². The van der Waals surface area contributed by atoms with Crippen LogP contribution < -0.4 is 5.32 Å². The molecule has 3 nitrogen and oxygen atoms in total. The third kappa shape index (κ3) is 3.75. The Hall–Kier alpha value is -1.00. The lowest BCUT2D eigenvalue weighted by atomic mass is 9.99. The number of benzene rings is 1. The summed E-state index contributed by atoms with van der Waals surface area (Å²) in [4.78, 5) is 11.3. The largest absolute Gasteiger partial charge is 0.481 e. The van der Waals surface area contributed by atoms with E-state index in [-0.39, 0.29) is 0 Å². The Balaban J connectivity index is 1.85. The monoisotopic (exact) mass is 265 g/mol. The molecule has 1 aromatic carbocycles. The minimum absolute atomic E-state index is 0.447. The maximum atomic E-state index is 11.3. The molecule has 1 aliphatic rings. The number of aliphatic carboxylic acids is 1. The number of hydrogen-bond acceptors (Lipinski definition) is 3. The molecular weight excluding hydrogens is 246 g/mol. The van der Waals surface area contributed by atoms with Crippen LogP contribution in [0, 0.1) is 0 Å². The fourth-order valence-corrected chi connectivity index (χ4v) is 3.46. The SMILES string of the molecule is O=C(O)C(CNCC1CCCS1)c1ccccc1. The third-order valence-electron chi connectivity index (χ3n) is 3.24. The summed E-state index contributed by atoms with van der Waals surface area (Å²) in [5.74, 6) is 0.0401. The van der Waals surface area contributed by atoms with Gasteiger partial charge in [-0.15, -0.1) is 0 Å². The van der Waals surface area contributed by atoms with Crippen LogP contribution in [0.15, 0.2) is 30.3 Å². The van der Waals surface area contributed by atoms with Crippen molar-refractivity contribution in [2.75, 3.05) is 18.8 Å². The van der Waals surface area contributed by atoms with Crippen molar-refractivity contribution >= 4 is 17.7 Å². The summed E-state index contributed by atoms with van der Waals surface area (Å²) in [6.07, 6.45) is 2.54. The molecule has 1 fully saturated rings. The van der Waals surface area contributed by atoms with Gasteiger partial charge in [0.1, 0.15) is 0 Å². The minimum atomic E-state index is -0.757. The molecule has 4 heteroatoms.